The second kappa shape index (κ2) is 7.29. The minimum Gasteiger partial charge on any atom is -0.267 e. The molecule has 0 radical (unpaired) electrons. The smallest absolute Gasteiger partial charge is 0.267 e. The molecule has 0 fully saturated rings. The van der Waals surface area contributed by atoms with Crippen molar-refractivity contribution >= 4 is 35.1 Å². The number of nitrogens with zero attached hydrogens (tertiary/aromatic N) is 3. The summed E-state index contributed by atoms with van der Waals surface area (Å²) in [6.07, 6.45) is 1.32. The minimum absolute atomic E-state index is 0.251. The maximum atomic E-state index is 12.0. The van der Waals surface area contributed by atoms with E-state index in [2.05, 4.69) is 10.5 Å². The molecule has 0 saturated heterocycles. The van der Waals surface area contributed by atoms with Crippen molar-refractivity contribution in [3.05, 3.63) is 78.8 Å². The number of carbonyl (C=O) groups excluding carboxylic acids is 1. The van der Waals surface area contributed by atoms with Gasteiger partial charge in [-0.1, -0.05) is 23.7 Å². The van der Waals surface area contributed by atoms with Gasteiger partial charge in [0.25, 0.3) is 17.3 Å². The molecule has 122 valence electrons. The molecule has 0 atom stereocenters. The molecule has 2 rings (SSSR count). The van der Waals surface area contributed by atoms with Gasteiger partial charge in [0, 0.05) is 17.2 Å². The van der Waals surface area contributed by atoms with Gasteiger partial charge in [0.15, 0.2) is 0 Å². The van der Waals surface area contributed by atoms with Crippen LogP contribution in [0.3, 0.4) is 0 Å². The molecule has 0 heterocycles. The maximum Gasteiger partial charge on any atom is 0.277 e. The van der Waals surface area contributed by atoms with Crippen molar-refractivity contribution in [3.8, 4) is 0 Å². The Kier molecular flexibility index (Phi) is 5.17. The lowest BCUT2D eigenvalue weighted by molar-refractivity contribution is -0.394. The molecule has 0 aliphatic carbocycles. The number of non-ortho nitro benzene ring substituents is 2. The highest BCUT2D eigenvalue weighted by molar-refractivity contribution is 6.30. The summed E-state index contributed by atoms with van der Waals surface area (Å²) < 4.78 is 0. The number of amides is 1. The minimum atomic E-state index is -0.820. The van der Waals surface area contributed by atoms with Gasteiger partial charge in [-0.2, -0.15) is 5.10 Å². The fourth-order valence-corrected chi connectivity index (χ4v) is 1.95. The molecule has 0 aliphatic rings. The summed E-state index contributed by atoms with van der Waals surface area (Å²) >= 11 is 5.80. The Morgan fingerprint density at radius 3 is 2.25 bits per heavy atom. The maximum absolute atomic E-state index is 12.0. The van der Waals surface area contributed by atoms with E-state index in [4.69, 9.17) is 11.6 Å². The largest absolute Gasteiger partial charge is 0.277 e. The van der Waals surface area contributed by atoms with Crippen LogP contribution < -0.4 is 5.43 Å². The first-order valence-electron chi connectivity index (χ1n) is 6.39. The predicted octanol–water partition coefficient (Wildman–Crippen LogP) is 2.92. The standard InChI is InChI=1S/C14H9ClN4O5/c15-11-3-1-2-9(4-11)8-16-17-14(20)10-5-12(18(21)22)7-13(6-10)19(23)24/h1-8H,(H,17,20). The van der Waals surface area contributed by atoms with Crippen LogP contribution >= 0.6 is 11.6 Å². The lowest BCUT2D eigenvalue weighted by Crippen LogP contribution is -2.18. The van der Waals surface area contributed by atoms with Crippen LogP contribution in [-0.4, -0.2) is 22.0 Å². The van der Waals surface area contributed by atoms with Crippen molar-refractivity contribution in [2.24, 2.45) is 5.10 Å². The van der Waals surface area contributed by atoms with Crippen LogP contribution in [0.25, 0.3) is 0 Å². The summed E-state index contributed by atoms with van der Waals surface area (Å²) in [6, 6.07) is 9.28. The lowest BCUT2D eigenvalue weighted by atomic mass is 10.1. The van der Waals surface area contributed by atoms with E-state index in [9.17, 15) is 25.0 Å². The lowest BCUT2D eigenvalue weighted by Gasteiger charge is -2.01. The van der Waals surface area contributed by atoms with Gasteiger partial charge < -0.3 is 0 Å². The van der Waals surface area contributed by atoms with Crippen LogP contribution in [0.15, 0.2) is 47.6 Å². The molecule has 2 aromatic carbocycles. The Balaban J connectivity index is 2.20. The Labute approximate surface area is 139 Å². The number of carbonyl (C=O) groups is 1. The van der Waals surface area contributed by atoms with Crippen molar-refractivity contribution < 1.29 is 14.6 Å². The molecule has 10 heteroatoms. The number of hydrogen-bond acceptors (Lipinski definition) is 6. The van der Waals surface area contributed by atoms with Gasteiger partial charge >= 0.3 is 0 Å². The highest BCUT2D eigenvalue weighted by atomic mass is 35.5. The van der Waals surface area contributed by atoms with Gasteiger partial charge in [-0.25, -0.2) is 5.43 Å². The van der Waals surface area contributed by atoms with E-state index in [1.165, 1.54) is 6.21 Å². The average Bonchev–Trinajstić information content (AvgIpc) is 2.54. The summed E-state index contributed by atoms with van der Waals surface area (Å²) in [5.41, 5.74) is 1.39. The summed E-state index contributed by atoms with van der Waals surface area (Å²) in [5, 5.41) is 25.8. The molecule has 0 saturated carbocycles. The zero-order chi connectivity index (χ0) is 17.7. The summed E-state index contributed by atoms with van der Waals surface area (Å²) in [6.45, 7) is 0. The number of nitro benzene ring substituents is 2. The Morgan fingerprint density at radius 1 is 1.08 bits per heavy atom. The zero-order valence-corrected chi connectivity index (χ0v) is 12.6. The molecule has 0 unspecified atom stereocenters. The Morgan fingerprint density at radius 2 is 1.71 bits per heavy atom. The first-order valence-corrected chi connectivity index (χ1v) is 6.77. The van der Waals surface area contributed by atoms with Gasteiger partial charge in [0.05, 0.1) is 27.7 Å². The molecule has 0 aromatic heterocycles. The van der Waals surface area contributed by atoms with E-state index in [-0.39, 0.29) is 5.56 Å². The Hall–Kier alpha value is -3.33. The molecular weight excluding hydrogens is 340 g/mol. The molecular formula is C14H9ClN4O5. The van der Waals surface area contributed by atoms with Crippen molar-refractivity contribution in [2.45, 2.75) is 0 Å². The molecule has 2 aromatic rings. The second-order valence-corrected chi connectivity index (χ2v) is 4.94. The summed E-state index contributed by atoms with van der Waals surface area (Å²) in [5.74, 6) is -0.819. The van der Waals surface area contributed by atoms with E-state index < -0.39 is 27.1 Å². The first kappa shape index (κ1) is 17.0. The molecule has 9 nitrogen and oxygen atoms in total. The van der Waals surface area contributed by atoms with Gasteiger partial charge in [0.1, 0.15) is 0 Å². The molecule has 24 heavy (non-hydrogen) atoms. The number of hydrogen-bond donors (Lipinski definition) is 1. The van der Waals surface area contributed by atoms with Crippen molar-refractivity contribution in [1.82, 2.24) is 5.43 Å². The van der Waals surface area contributed by atoms with E-state index in [0.717, 1.165) is 18.2 Å². The van der Waals surface area contributed by atoms with Crippen LogP contribution in [0.2, 0.25) is 5.02 Å². The van der Waals surface area contributed by atoms with Crippen LogP contribution in [0.1, 0.15) is 15.9 Å². The van der Waals surface area contributed by atoms with E-state index >= 15 is 0 Å². The third-order valence-corrected chi connectivity index (χ3v) is 3.05. The van der Waals surface area contributed by atoms with Crippen molar-refractivity contribution in [1.29, 1.82) is 0 Å². The van der Waals surface area contributed by atoms with Gasteiger partial charge in [-0.15, -0.1) is 0 Å². The number of hydrazone groups is 1. The quantitative estimate of drug-likeness (QED) is 0.504. The second-order valence-electron chi connectivity index (χ2n) is 4.51. The highest BCUT2D eigenvalue weighted by Crippen LogP contribution is 2.22. The van der Waals surface area contributed by atoms with E-state index in [0.29, 0.717) is 10.6 Å². The summed E-state index contributed by atoms with van der Waals surface area (Å²) in [7, 11) is 0. The summed E-state index contributed by atoms with van der Waals surface area (Å²) in [4.78, 5) is 31.9. The van der Waals surface area contributed by atoms with Gasteiger partial charge in [0.2, 0.25) is 0 Å². The fraction of sp³-hybridized carbons (Fsp3) is 0. The average molecular weight is 349 g/mol. The number of nitrogens with one attached hydrogen (secondary N) is 1. The number of nitro groups is 2. The molecule has 0 spiro atoms. The number of benzene rings is 2. The third-order valence-electron chi connectivity index (χ3n) is 2.81. The van der Waals surface area contributed by atoms with Crippen LogP contribution in [0.5, 0.6) is 0 Å². The number of rotatable bonds is 5. The normalized spacial score (nSPS) is 10.5. The number of halogens is 1. The van der Waals surface area contributed by atoms with Gasteiger partial charge in [-0.3, -0.25) is 25.0 Å². The fourth-order valence-electron chi connectivity index (χ4n) is 1.75. The predicted molar refractivity (Wildman–Crippen MR) is 86.3 cm³/mol. The SMILES string of the molecule is O=C(NN=Cc1cccc(Cl)c1)c1cc([N+](=O)[O-])cc([N+](=O)[O-])c1. The first-order chi connectivity index (χ1) is 11.4. The van der Waals surface area contributed by atoms with E-state index in [1.807, 2.05) is 0 Å². The van der Waals surface area contributed by atoms with Crippen LogP contribution in [-0.2, 0) is 0 Å². The Bertz CT molecular complexity index is 821. The zero-order valence-electron chi connectivity index (χ0n) is 11.9. The van der Waals surface area contributed by atoms with Crippen LogP contribution in [0, 0.1) is 20.2 Å². The monoisotopic (exact) mass is 348 g/mol. The highest BCUT2D eigenvalue weighted by Gasteiger charge is 2.19. The molecule has 0 bridgehead atoms. The van der Waals surface area contributed by atoms with Crippen molar-refractivity contribution in [3.63, 3.8) is 0 Å². The molecule has 1 N–H and O–H groups in total. The van der Waals surface area contributed by atoms with Crippen molar-refractivity contribution in [2.75, 3.05) is 0 Å². The third kappa shape index (κ3) is 4.34. The topological polar surface area (TPSA) is 128 Å². The molecule has 0 aliphatic heterocycles. The van der Waals surface area contributed by atoms with E-state index in [1.54, 1.807) is 24.3 Å². The van der Waals surface area contributed by atoms with Crippen LogP contribution in [0.4, 0.5) is 11.4 Å². The van der Waals surface area contributed by atoms with Gasteiger partial charge in [-0.05, 0) is 17.7 Å². The molecule has 1 amide bonds.